The zero-order valence-electron chi connectivity index (χ0n) is 10.2. The summed E-state index contributed by atoms with van der Waals surface area (Å²) in [6.07, 6.45) is 0. The first-order chi connectivity index (χ1) is 8.43. The van der Waals surface area contributed by atoms with Gasteiger partial charge in [-0.3, -0.25) is 0 Å². The Morgan fingerprint density at radius 2 is 2.17 bits per heavy atom. The summed E-state index contributed by atoms with van der Waals surface area (Å²) in [7, 11) is 0. The van der Waals surface area contributed by atoms with E-state index in [-0.39, 0.29) is 24.3 Å². The largest absolute Gasteiger partial charge is 0.396 e. The predicted molar refractivity (Wildman–Crippen MR) is 72.0 cm³/mol. The van der Waals surface area contributed by atoms with Crippen LogP contribution in [-0.4, -0.2) is 23.8 Å². The Balaban J connectivity index is 2.62. The SMILES string of the molecule is CC(CO)C(C)NC(=O)Nc1cc(Br)ccc1F. The standard InChI is InChI=1S/C12H16BrFN2O2/c1-7(6-17)8(2)15-12(18)16-11-5-9(13)3-4-10(11)14/h3-5,7-8,17H,6H2,1-2H3,(H2,15,16,18). The molecule has 6 heteroatoms. The predicted octanol–water partition coefficient (Wildman–Crippen LogP) is 2.73. The molecule has 0 aliphatic carbocycles. The molecule has 0 saturated heterocycles. The zero-order valence-corrected chi connectivity index (χ0v) is 11.8. The Bertz CT molecular complexity index is 429. The van der Waals surface area contributed by atoms with Gasteiger partial charge < -0.3 is 15.7 Å². The highest BCUT2D eigenvalue weighted by Gasteiger charge is 2.14. The maximum Gasteiger partial charge on any atom is 0.319 e. The van der Waals surface area contributed by atoms with Crippen molar-refractivity contribution in [2.75, 3.05) is 11.9 Å². The molecule has 0 aromatic heterocycles. The van der Waals surface area contributed by atoms with Crippen LogP contribution in [-0.2, 0) is 0 Å². The van der Waals surface area contributed by atoms with Crippen LogP contribution in [0.5, 0.6) is 0 Å². The molecule has 2 amide bonds. The lowest BCUT2D eigenvalue weighted by atomic mass is 10.1. The van der Waals surface area contributed by atoms with Gasteiger partial charge >= 0.3 is 6.03 Å². The van der Waals surface area contributed by atoms with Crippen LogP contribution in [0.25, 0.3) is 0 Å². The van der Waals surface area contributed by atoms with Gasteiger partial charge in [0.1, 0.15) is 5.82 Å². The molecule has 0 saturated carbocycles. The van der Waals surface area contributed by atoms with E-state index in [1.54, 1.807) is 13.0 Å². The van der Waals surface area contributed by atoms with Gasteiger partial charge in [0.05, 0.1) is 5.69 Å². The first kappa shape index (κ1) is 14.9. The molecule has 2 unspecified atom stereocenters. The Morgan fingerprint density at radius 1 is 1.50 bits per heavy atom. The minimum Gasteiger partial charge on any atom is -0.396 e. The van der Waals surface area contributed by atoms with E-state index in [1.165, 1.54) is 12.1 Å². The van der Waals surface area contributed by atoms with Crippen molar-refractivity contribution in [3.63, 3.8) is 0 Å². The van der Waals surface area contributed by atoms with Crippen LogP contribution < -0.4 is 10.6 Å². The molecule has 0 spiro atoms. The third-order valence-electron chi connectivity index (χ3n) is 2.68. The molecule has 0 radical (unpaired) electrons. The summed E-state index contributed by atoms with van der Waals surface area (Å²) in [5.74, 6) is -0.570. The van der Waals surface area contributed by atoms with Gasteiger partial charge in [-0.2, -0.15) is 0 Å². The smallest absolute Gasteiger partial charge is 0.319 e. The topological polar surface area (TPSA) is 61.4 Å². The molecule has 1 aromatic carbocycles. The first-order valence-electron chi connectivity index (χ1n) is 5.57. The van der Waals surface area contributed by atoms with Crippen molar-refractivity contribution in [2.45, 2.75) is 19.9 Å². The molecule has 1 rings (SSSR count). The first-order valence-corrected chi connectivity index (χ1v) is 6.36. The van der Waals surface area contributed by atoms with E-state index < -0.39 is 11.8 Å². The van der Waals surface area contributed by atoms with Crippen molar-refractivity contribution in [2.24, 2.45) is 5.92 Å². The third-order valence-corrected chi connectivity index (χ3v) is 3.17. The molecular weight excluding hydrogens is 303 g/mol. The number of hydrogen-bond donors (Lipinski definition) is 3. The summed E-state index contributed by atoms with van der Waals surface area (Å²) in [6, 6.07) is 3.59. The summed E-state index contributed by atoms with van der Waals surface area (Å²) in [4.78, 5) is 11.6. The molecule has 2 atom stereocenters. The molecule has 1 aromatic rings. The number of aliphatic hydroxyl groups is 1. The van der Waals surface area contributed by atoms with Gasteiger partial charge in [0.2, 0.25) is 0 Å². The number of hydrogen-bond acceptors (Lipinski definition) is 2. The molecule has 100 valence electrons. The fraction of sp³-hybridized carbons (Fsp3) is 0.417. The summed E-state index contributed by atoms with van der Waals surface area (Å²) in [5, 5.41) is 14.0. The molecule has 18 heavy (non-hydrogen) atoms. The third kappa shape index (κ3) is 4.27. The fourth-order valence-electron chi connectivity index (χ4n) is 1.26. The van der Waals surface area contributed by atoms with Gasteiger partial charge in [0.25, 0.3) is 0 Å². The fourth-order valence-corrected chi connectivity index (χ4v) is 1.62. The van der Waals surface area contributed by atoms with Crippen LogP contribution in [0.4, 0.5) is 14.9 Å². The lowest BCUT2D eigenvalue weighted by Gasteiger charge is -2.19. The van der Waals surface area contributed by atoms with Crippen molar-refractivity contribution in [1.29, 1.82) is 0 Å². The second-order valence-corrected chi connectivity index (χ2v) is 5.09. The van der Waals surface area contributed by atoms with Crippen molar-refractivity contribution in [3.05, 3.63) is 28.5 Å². The molecular formula is C12H16BrFN2O2. The van der Waals surface area contributed by atoms with Crippen LogP contribution in [0.1, 0.15) is 13.8 Å². The van der Waals surface area contributed by atoms with Crippen LogP contribution in [0, 0.1) is 11.7 Å². The average Bonchev–Trinajstić information content (AvgIpc) is 2.32. The highest BCUT2D eigenvalue weighted by molar-refractivity contribution is 9.10. The van der Waals surface area contributed by atoms with E-state index in [9.17, 15) is 9.18 Å². The summed E-state index contributed by atoms with van der Waals surface area (Å²) in [5.41, 5.74) is 0.103. The van der Waals surface area contributed by atoms with E-state index in [0.717, 1.165) is 0 Å². The highest BCUT2D eigenvalue weighted by atomic mass is 79.9. The Kier molecular flexibility index (Phi) is 5.55. The summed E-state index contributed by atoms with van der Waals surface area (Å²) >= 11 is 3.20. The molecule has 0 fully saturated rings. The van der Waals surface area contributed by atoms with E-state index in [1.807, 2.05) is 6.92 Å². The number of amides is 2. The van der Waals surface area contributed by atoms with Gasteiger partial charge in [-0.05, 0) is 31.0 Å². The Morgan fingerprint density at radius 3 is 2.78 bits per heavy atom. The van der Waals surface area contributed by atoms with Crippen molar-refractivity contribution >= 4 is 27.6 Å². The van der Waals surface area contributed by atoms with Crippen LogP contribution in [0.15, 0.2) is 22.7 Å². The number of nitrogens with one attached hydrogen (secondary N) is 2. The van der Waals surface area contributed by atoms with Crippen molar-refractivity contribution in [3.8, 4) is 0 Å². The van der Waals surface area contributed by atoms with Crippen LogP contribution in [0.2, 0.25) is 0 Å². The van der Waals surface area contributed by atoms with Gasteiger partial charge in [0, 0.05) is 17.1 Å². The van der Waals surface area contributed by atoms with Gasteiger partial charge in [0.15, 0.2) is 0 Å². The van der Waals surface area contributed by atoms with Crippen molar-refractivity contribution < 1.29 is 14.3 Å². The maximum absolute atomic E-state index is 13.4. The number of rotatable bonds is 4. The summed E-state index contributed by atoms with van der Waals surface area (Å²) in [6.45, 7) is 3.56. The van der Waals surface area contributed by atoms with Crippen LogP contribution in [0.3, 0.4) is 0 Å². The van der Waals surface area contributed by atoms with Gasteiger partial charge in [-0.15, -0.1) is 0 Å². The van der Waals surface area contributed by atoms with E-state index in [4.69, 9.17) is 5.11 Å². The zero-order chi connectivity index (χ0) is 13.7. The Hall–Kier alpha value is -1.14. The average molecular weight is 319 g/mol. The molecule has 0 bridgehead atoms. The number of aliphatic hydroxyl groups excluding tert-OH is 1. The number of benzene rings is 1. The lowest BCUT2D eigenvalue weighted by molar-refractivity contribution is 0.204. The normalized spacial score (nSPS) is 13.8. The highest BCUT2D eigenvalue weighted by Crippen LogP contribution is 2.19. The van der Waals surface area contributed by atoms with E-state index in [2.05, 4.69) is 26.6 Å². The van der Waals surface area contributed by atoms with Gasteiger partial charge in [-0.25, -0.2) is 9.18 Å². The number of carbonyl (C=O) groups excluding carboxylic acids is 1. The number of anilines is 1. The van der Waals surface area contributed by atoms with Crippen LogP contribution >= 0.6 is 15.9 Å². The molecule has 0 aliphatic heterocycles. The number of halogens is 2. The summed E-state index contributed by atoms with van der Waals surface area (Å²) < 4.78 is 14.1. The maximum atomic E-state index is 13.4. The quantitative estimate of drug-likeness (QED) is 0.799. The molecule has 0 aliphatic rings. The minimum atomic E-state index is -0.504. The van der Waals surface area contributed by atoms with E-state index in [0.29, 0.717) is 4.47 Å². The van der Waals surface area contributed by atoms with Gasteiger partial charge in [-0.1, -0.05) is 22.9 Å². The van der Waals surface area contributed by atoms with Crippen molar-refractivity contribution in [1.82, 2.24) is 5.32 Å². The monoisotopic (exact) mass is 318 g/mol. The molecule has 4 nitrogen and oxygen atoms in total. The number of urea groups is 1. The van der Waals surface area contributed by atoms with E-state index >= 15 is 0 Å². The molecule has 0 heterocycles. The minimum absolute atomic E-state index is 0.0211. The second-order valence-electron chi connectivity index (χ2n) is 4.17. The second kappa shape index (κ2) is 6.70. The Labute approximate surface area is 114 Å². The lowest BCUT2D eigenvalue weighted by Crippen LogP contribution is -2.40. The number of carbonyl (C=O) groups is 1. The molecule has 3 N–H and O–H groups in total.